The minimum Gasteiger partial charge on any atom is -0.369 e. The number of amides is 2. The Balaban J connectivity index is 2.80. The summed E-state index contributed by atoms with van der Waals surface area (Å²) >= 11 is 0. The lowest BCUT2D eigenvalue weighted by atomic mass is 9.83. The fourth-order valence-corrected chi connectivity index (χ4v) is 3.08. The molecule has 0 heterocycles. The number of allylic oxidation sites excluding steroid dienone is 1. The summed E-state index contributed by atoms with van der Waals surface area (Å²) in [5.74, 6) is -0.864. The van der Waals surface area contributed by atoms with Gasteiger partial charge in [0.1, 0.15) is 6.04 Å². The van der Waals surface area contributed by atoms with Crippen LogP contribution in [0.3, 0.4) is 0 Å². The Morgan fingerprint density at radius 3 is 2.62 bits per heavy atom. The van der Waals surface area contributed by atoms with E-state index in [-0.39, 0.29) is 30.3 Å². The fourth-order valence-electron chi connectivity index (χ4n) is 3.08. The highest BCUT2D eigenvalue weighted by Crippen LogP contribution is 2.24. The smallest absolute Gasteiger partial charge is 0.241 e. The number of rotatable bonds is 9. The average Bonchev–Trinajstić information content (AvgIpc) is 2.55. The van der Waals surface area contributed by atoms with Crippen LogP contribution < -0.4 is 21.8 Å². The summed E-state index contributed by atoms with van der Waals surface area (Å²) in [7, 11) is 0. The lowest BCUT2D eigenvalue weighted by Gasteiger charge is -2.31. The summed E-state index contributed by atoms with van der Waals surface area (Å²) in [4.78, 5) is 24.3. The molecule has 7 heteroatoms. The average molecular weight is 338 g/mol. The molecule has 0 aromatic rings. The Morgan fingerprint density at radius 1 is 1.38 bits per heavy atom. The lowest BCUT2D eigenvalue weighted by Crippen LogP contribution is -2.53. The largest absolute Gasteiger partial charge is 0.369 e. The molecule has 1 aliphatic carbocycles. The summed E-state index contributed by atoms with van der Waals surface area (Å²) in [6.07, 6.45) is 6.18. The molecule has 2 amide bonds. The van der Waals surface area contributed by atoms with E-state index in [1.807, 2.05) is 25.4 Å². The third kappa shape index (κ3) is 5.98. The van der Waals surface area contributed by atoms with Gasteiger partial charge in [-0.05, 0) is 26.2 Å². The van der Waals surface area contributed by atoms with Crippen molar-refractivity contribution in [2.24, 2.45) is 11.7 Å². The molecule has 0 aromatic heterocycles. The van der Waals surface area contributed by atoms with Gasteiger partial charge in [-0.1, -0.05) is 38.0 Å². The zero-order valence-electron chi connectivity index (χ0n) is 14.6. The standard InChI is InChI=1S/C17H30N4O3/c1-4-7-11(2)15(19-10-12(3)21-24)17(23)20-14-9-6-5-8-13(14)16(18)22/h7,13-15,19,21,24H,3-6,8-10H2,1-2H3,(H2,18,22)(H,20,23)/b11-7+. The van der Waals surface area contributed by atoms with Crippen molar-refractivity contribution in [1.82, 2.24) is 16.1 Å². The third-order valence-corrected chi connectivity index (χ3v) is 4.38. The molecule has 3 atom stereocenters. The van der Waals surface area contributed by atoms with Gasteiger partial charge in [0.2, 0.25) is 11.8 Å². The predicted octanol–water partition coefficient (Wildman–Crippen LogP) is 0.954. The zero-order valence-corrected chi connectivity index (χ0v) is 14.6. The Morgan fingerprint density at radius 2 is 2.04 bits per heavy atom. The number of hydrogen-bond donors (Lipinski definition) is 5. The van der Waals surface area contributed by atoms with Crippen LogP contribution in [0.5, 0.6) is 0 Å². The summed E-state index contributed by atoms with van der Waals surface area (Å²) < 4.78 is 0. The van der Waals surface area contributed by atoms with E-state index < -0.39 is 6.04 Å². The van der Waals surface area contributed by atoms with Crippen molar-refractivity contribution in [2.75, 3.05) is 6.54 Å². The molecule has 7 nitrogen and oxygen atoms in total. The van der Waals surface area contributed by atoms with E-state index in [2.05, 4.69) is 17.2 Å². The van der Waals surface area contributed by atoms with Crippen LogP contribution in [-0.4, -0.2) is 35.7 Å². The normalized spacial score (nSPS) is 22.5. The topological polar surface area (TPSA) is 116 Å². The van der Waals surface area contributed by atoms with Crippen molar-refractivity contribution in [2.45, 2.75) is 58.0 Å². The molecule has 6 N–H and O–H groups in total. The number of nitrogens with one attached hydrogen (secondary N) is 3. The second-order valence-corrected chi connectivity index (χ2v) is 6.29. The van der Waals surface area contributed by atoms with Crippen LogP contribution in [-0.2, 0) is 9.59 Å². The first kappa shape index (κ1) is 20.2. The van der Waals surface area contributed by atoms with Gasteiger partial charge in [-0.25, -0.2) is 0 Å². The molecular weight excluding hydrogens is 308 g/mol. The number of carbonyl (C=O) groups excluding carboxylic acids is 2. The maximum Gasteiger partial charge on any atom is 0.241 e. The number of hydroxylamine groups is 1. The number of carbonyl (C=O) groups is 2. The molecule has 0 spiro atoms. The van der Waals surface area contributed by atoms with E-state index in [0.29, 0.717) is 12.1 Å². The van der Waals surface area contributed by atoms with Crippen molar-refractivity contribution in [1.29, 1.82) is 0 Å². The highest BCUT2D eigenvalue weighted by atomic mass is 16.5. The van der Waals surface area contributed by atoms with Crippen LogP contribution in [0.1, 0.15) is 46.0 Å². The SMILES string of the molecule is C=C(CNC(C(=O)NC1CCCCC1C(N)=O)/C(C)=C/CC)NO. The molecule has 0 saturated heterocycles. The van der Waals surface area contributed by atoms with Crippen molar-refractivity contribution < 1.29 is 14.8 Å². The van der Waals surface area contributed by atoms with Crippen LogP contribution in [0.25, 0.3) is 0 Å². The minimum absolute atomic E-state index is 0.193. The summed E-state index contributed by atoms with van der Waals surface area (Å²) in [5, 5.41) is 14.9. The van der Waals surface area contributed by atoms with E-state index in [4.69, 9.17) is 10.9 Å². The van der Waals surface area contributed by atoms with Crippen molar-refractivity contribution in [3.8, 4) is 0 Å². The summed E-state index contributed by atoms with van der Waals surface area (Å²) in [6, 6.07) is -0.771. The van der Waals surface area contributed by atoms with Gasteiger partial charge in [0.05, 0.1) is 5.92 Å². The monoisotopic (exact) mass is 338 g/mol. The van der Waals surface area contributed by atoms with Gasteiger partial charge in [-0.15, -0.1) is 0 Å². The maximum atomic E-state index is 12.7. The number of primary amides is 1. The second kappa shape index (κ2) is 10.1. The van der Waals surface area contributed by atoms with E-state index in [0.717, 1.165) is 31.3 Å². The summed E-state index contributed by atoms with van der Waals surface area (Å²) in [5.41, 5.74) is 8.68. The minimum atomic E-state index is -0.550. The number of nitrogens with two attached hydrogens (primary N) is 1. The van der Waals surface area contributed by atoms with Gasteiger partial charge < -0.3 is 11.1 Å². The molecule has 0 aliphatic heterocycles. The van der Waals surface area contributed by atoms with E-state index >= 15 is 0 Å². The van der Waals surface area contributed by atoms with Crippen molar-refractivity contribution in [3.05, 3.63) is 23.9 Å². The summed E-state index contributed by atoms with van der Waals surface area (Å²) in [6.45, 7) is 7.74. The first-order valence-electron chi connectivity index (χ1n) is 8.48. The first-order valence-corrected chi connectivity index (χ1v) is 8.48. The van der Waals surface area contributed by atoms with E-state index in [1.165, 1.54) is 0 Å². The molecule has 0 radical (unpaired) electrons. The molecule has 0 aromatic carbocycles. The Kier molecular flexibility index (Phi) is 8.49. The highest BCUT2D eigenvalue weighted by Gasteiger charge is 2.32. The molecule has 1 aliphatic rings. The zero-order chi connectivity index (χ0) is 18.1. The van der Waals surface area contributed by atoms with Gasteiger partial charge in [-0.3, -0.25) is 25.6 Å². The Hall–Kier alpha value is -1.86. The van der Waals surface area contributed by atoms with Crippen LogP contribution in [0.15, 0.2) is 23.9 Å². The molecule has 1 rings (SSSR count). The molecule has 1 saturated carbocycles. The molecule has 3 unspecified atom stereocenters. The quantitative estimate of drug-likeness (QED) is 0.317. The molecule has 0 bridgehead atoms. The van der Waals surface area contributed by atoms with Crippen LogP contribution in [0, 0.1) is 5.92 Å². The van der Waals surface area contributed by atoms with Crippen LogP contribution >= 0.6 is 0 Å². The van der Waals surface area contributed by atoms with Gasteiger partial charge in [0.25, 0.3) is 0 Å². The van der Waals surface area contributed by atoms with E-state index in [9.17, 15) is 9.59 Å². The van der Waals surface area contributed by atoms with Gasteiger partial charge in [0.15, 0.2) is 0 Å². The van der Waals surface area contributed by atoms with Crippen LogP contribution in [0.4, 0.5) is 0 Å². The Bertz CT molecular complexity index is 490. The lowest BCUT2D eigenvalue weighted by molar-refractivity contribution is -0.126. The first-order chi connectivity index (χ1) is 11.4. The predicted molar refractivity (Wildman–Crippen MR) is 93.0 cm³/mol. The van der Waals surface area contributed by atoms with Crippen molar-refractivity contribution in [3.63, 3.8) is 0 Å². The highest BCUT2D eigenvalue weighted by molar-refractivity contribution is 5.86. The third-order valence-electron chi connectivity index (χ3n) is 4.38. The van der Waals surface area contributed by atoms with Gasteiger partial charge in [0, 0.05) is 18.3 Å². The van der Waals surface area contributed by atoms with Crippen molar-refractivity contribution >= 4 is 11.8 Å². The van der Waals surface area contributed by atoms with Crippen LogP contribution in [0.2, 0.25) is 0 Å². The van der Waals surface area contributed by atoms with E-state index in [1.54, 1.807) is 0 Å². The fraction of sp³-hybridized carbons (Fsp3) is 0.647. The molecule has 1 fully saturated rings. The number of hydrogen-bond acceptors (Lipinski definition) is 5. The second-order valence-electron chi connectivity index (χ2n) is 6.29. The molecule has 24 heavy (non-hydrogen) atoms. The molecule has 136 valence electrons. The Labute approximate surface area is 143 Å². The van der Waals surface area contributed by atoms with Gasteiger partial charge in [-0.2, -0.15) is 0 Å². The maximum absolute atomic E-state index is 12.7. The molecular formula is C17H30N4O3. The van der Waals surface area contributed by atoms with Gasteiger partial charge >= 0.3 is 0 Å².